The Labute approximate surface area is 98.2 Å². The van der Waals surface area contributed by atoms with Crippen molar-refractivity contribution >= 4 is 5.78 Å². The van der Waals surface area contributed by atoms with Crippen LogP contribution in [0.2, 0.25) is 0 Å². The summed E-state index contributed by atoms with van der Waals surface area (Å²) in [5.74, 6) is 0.248. The van der Waals surface area contributed by atoms with E-state index >= 15 is 0 Å². The minimum atomic E-state index is -0.261. The van der Waals surface area contributed by atoms with Crippen molar-refractivity contribution in [2.45, 2.75) is 33.1 Å². The Hall–Kier alpha value is -1.37. The van der Waals surface area contributed by atoms with E-state index < -0.39 is 0 Å². The van der Waals surface area contributed by atoms with E-state index in [9.17, 15) is 4.79 Å². The zero-order chi connectivity index (χ0) is 12.0. The second-order valence-corrected chi connectivity index (χ2v) is 4.18. The van der Waals surface area contributed by atoms with Gasteiger partial charge in [0.2, 0.25) is 0 Å². The monoisotopic (exact) mass is 216 g/mol. The van der Waals surface area contributed by atoms with Gasteiger partial charge in [0.25, 0.3) is 0 Å². The molecule has 0 bridgehead atoms. The molecular formula is C15H20O. The SMILES string of the molecule is C=CCC(CC)(CC)C(=O)c1ccccc1. The molecule has 0 aromatic heterocycles. The van der Waals surface area contributed by atoms with Gasteiger partial charge in [-0.1, -0.05) is 50.3 Å². The zero-order valence-corrected chi connectivity index (χ0v) is 10.2. The Balaban J connectivity index is 3.04. The van der Waals surface area contributed by atoms with Gasteiger partial charge in [0.05, 0.1) is 0 Å². The second-order valence-electron chi connectivity index (χ2n) is 4.18. The van der Waals surface area contributed by atoms with Crippen molar-refractivity contribution in [1.82, 2.24) is 0 Å². The molecule has 0 radical (unpaired) electrons. The van der Waals surface area contributed by atoms with E-state index in [0.29, 0.717) is 0 Å². The quantitative estimate of drug-likeness (QED) is 0.513. The number of hydrogen-bond acceptors (Lipinski definition) is 1. The standard InChI is InChI=1S/C15H20O/c1-4-12-15(5-2,6-3)14(16)13-10-8-7-9-11-13/h4,7-11H,1,5-6,12H2,2-3H3. The van der Waals surface area contributed by atoms with Crippen LogP contribution in [0.15, 0.2) is 43.0 Å². The van der Waals surface area contributed by atoms with E-state index in [-0.39, 0.29) is 11.2 Å². The molecule has 1 heteroatoms. The van der Waals surface area contributed by atoms with E-state index in [0.717, 1.165) is 24.8 Å². The van der Waals surface area contributed by atoms with Gasteiger partial charge in [0, 0.05) is 11.0 Å². The Kier molecular flexibility index (Phi) is 4.48. The molecule has 1 nitrogen and oxygen atoms in total. The highest BCUT2D eigenvalue weighted by Crippen LogP contribution is 2.34. The van der Waals surface area contributed by atoms with Crippen LogP contribution in [0.4, 0.5) is 0 Å². The number of benzene rings is 1. The fraction of sp³-hybridized carbons (Fsp3) is 0.400. The van der Waals surface area contributed by atoms with E-state index in [4.69, 9.17) is 0 Å². The fourth-order valence-electron chi connectivity index (χ4n) is 2.12. The topological polar surface area (TPSA) is 17.1 Å². The molecule has 0 heterocycles. The molecule has 1 aromatic carbocycles. The largest absolute Gasteiger partial charge is 0.294 e. The van der Waals surface area contributed by atoms with Gasteiger partial charge in [0.1, 0.15) is 0 Å². The fourth-order valence-corrected chi connectivity index (χ4v) is 2.12. The summed E-state index contributed by atoms with van der Waals surface area (Å²) in [5.41, 5.74) is 0.552. The Morgan fingerprint density at radius 2 is 1.81 bits per heavy atom. The van der Waals surface area contributed by atoms with Crippen LogP contribution in [0.1, 0.15) is 43.5 Å². The molecule has 1 rings (SSSR count). The molecule has 0 aliphatic heterocycles. The first-order valence-corrected chi connectivity index (χ1v) is 5.91. The van der Waals surface area contributed by atoms with Crippen LogP contribution >= 0.6 is 0 Å². The van der Waals surface area contributed by atoms with Crippen LogP contribution in [0, 0.1) is 5.41 Å². The molecule has 0 amide bonds. The Morgan fingerprint density at radius 3 is 2.25 bits per heavy atom. The summed E-state index contributed by atoms with van der Waals surface area (Å²) in [6.07, 6.45) is 4.34. The predicted octanol–water partition coefficient (Wildman–Crippen LogP) is 4.25. The van der Waals surface area contributed by atoms with Crippen molar-refractivity contribution in [1.29, 1.82) is 0 Å². The van der Waals surface area contributed by atoms with E-state index in [1.165, 1.54) is 0 Å². The van der Waals surface area contributed by atoms with Crippen LogP contribution in [0.5, 0.6) is 0 Å². The number of allylic oxidation sites excluding steroid dienone is 1. The highest BCUT2D eigenvalue weighted by atomic mass is 16.1. The van der Waals surface area contributed by atoms with Crippen molar-refractivity contribution in [3.8, 4) is 0 Å². The first kappa shape index (κ1) is 12.7. The Bertz CT molecular complexity index is 347. The first-order valence-electron chi connectivity index (χ1n) is 5.91. The molecule has 0 aliphatic rings. The maximum absolute atomic E-state index is 12.5. The highest BCUT2D eigenvalue weighted by Gasteiger charge is 2.33. The van der Waals surface area contributed by atoms with Gasteiger partial charge in [-0.15, -0.1) is 6.58 Å². The van der Waals surface area contributed by atoms with Crippen molar-refractivity contribution < 1.29 is 4.79 Å². The van der Waals surface area contributed by atoms with Crippen molar-refractivity contribution in [2.75, 3.05) is 0 Å². The molecular weight excluding hydrogens is 196 g/mol. The number of hydrogen-bond donors (Lipinski definition) is 0. The molecule has 16 heavy (non-hydrogen) atoms. The van der Waals surface area contributed by atoms with Crippen molar-refractivity contribution in [3.05, 3.63) is 48.6 Å². The average molecular weight is 216 g/mol. The van der Waals surface area contributed by atoms with E-state index in [1.54, 1.807) is 0 Å². The van der Waals surface area contributed by atoms with Crippen LogP contribution in [0.25, 0.3) is 0 Å². The van der Waals surface area contributed by atoms with Gasteiger partial charge < -0.3 is 0 Å². The molecule has 86 valence electrons. The molecule has 0 atom stereocenters. The maximum atomic E-state index is 12.5. The molecule has 1 aromatic rings. The smallest absolute Gasteiger partial charge is 0.169 e. The summed E-state index contributed by atoms with van der Waals surface area (Å²) in [7, 11) is 0. The molecule has 0 spiro atoms. The third kappa shape index (κ3) is 2.41. The number of rotatable bonds is 6. The van der Waals surface area contributed by atoms with Gasteiger partial charge in [-0.2, -0.15) is 0 Å². The normalized spacial score (nSPS) is 11.1. The van der Waals surface area contributed by atoms with Crippen molar-refractivity contribution in [2.24, 2.45) is 5.41 Å². The Morgan fingerprint density at radius 1 is 1.25 bits per heavy atom. The maximum Gasteiger partial charge on any atom is 0.169 e. The van der Waals surface area contributed by atoms with Crippen LogP contribution in [-0.4, -0.2) is 5.78 Å². The van der Waals surface area contributed by atoms with Gasteiger partial charge in [-0.05, 0) is 19.3 Å². The van der Waals surface area contributed by atoms with Gasteiger partial charge >= 0.3 is 0 Å². The molecule has 0 fully saturated rings. The predicted molar refractivity (Wildman–Crippen MR) is 68.6 cm³/mol. The summed E-state index contributed by atoms with van der Waals surface area (Å²) >= 11 is 0. The number of Topliss-reactive ketones (excluding diaryl/α,β-unsaturated/α-hetero) is 1. The zero-order valence-electron chi connectivity index (χ0n) is 10.2. The lowest BCUT2D eigenvalue weighted by Gasteiger charge is -2.28. The molecule has 0 aliphatic carbocycles. The third-order valence-electron chi connectivity index (χ3n) is 3.41. The number of carbonyl (C=O) groups is 1. The van der Waals surface area contributed by atoms with Gasteiger partial charge in [-0.25, -0.2) is 0 Å². The molecule has 0 unspecified atom stereocenters. The molecule has 0 saturated heterocycles. The highest BCUT2D eigenvalue weighted by molar-refractivity contribution is 6.00. The van der Waals surface area contributed by atoms with Crippen LogP contribution in [0.3, 0.4) is 0 Å². The summed E-state index contributed by atoms with van der Waals surface area (Å²) in [6, 6.07) is 9.55. The van der Waals surface area contributed by atoms with E-state index in [2.05, 4.69) is 20.4 Å². The minimum absolute atomic E-state index is 0.248. The minimum Gasteiger partial charge on any atom is -0.294 e. The number of carbonyl (C=O) groups excluding carboxylic acids is 1. The summed E-state index contributed by atoms with van der Waals surface area (Å²) in [5, 5.41) is 0. The average Bonchev–Trinajstić information content (AvgIpc) is 2.36. The molecule has 0 N–H and O–H groups in total. The van der Waals surface area contributed by atoms with E-state index in [1.807, 2.05) is 36.4 Å². The lowest BCUT2D eigenvalue weighted by Crippen LogP contribution is -2.29. The first-order chi connectivity index (χ1) is 7.70. The summed E-state index contributed by atoms with van der Waals surface area (Å²) in [4.78, 5) is 12.5. The number of ketones is 1. The van der Waals surface area contributed by atoms with Crippen LogP contribution < -0.4 is 0 Å². The molecule has 0 saturated carbocycles. The lowest BCUT2D eigenvalue weighted by molar-refractivity contribution is 0.0778. The van der Waals surface area contributed by atoms with Gasteiger partial charge in [-0.3, -0.25) is 4.79 Å². The van der Waals surface area contributed by atoms with Crippen molar-refractivity contribution in [3.63, 3.8) is 0 Å². The van der Waals surface area contributed by atoms with Gasteiger partial charge in [0.15, 0.2) is 5.78 Å². The second kappa shape index (κ2) is 5.64. The van der Waals surface area contributed by atoms with Crippen LogP contribution in [-0.2, 0) is 0 Å². The summed E-state index contributed by atoms with van der Waals surface area (Å²) < 4.78 is 0. The third-order valence-corrected chi connectivity index (χ3v) is 3.41. The lowest BCUT2D eigenvalue weighted by atomic mass is 9.73. The summed E-state index contributed by atoms with van der Waals surface area (Å²) in [6.45, 7) is 7.92.